The highest BCUT2D eigenvalue weighted by molar-refractivity contribution is 6.42. The van der Waals surface area contributed by atoms with Gasteiger partial charge in [0, 0.05) is 11.1 Å². The molecule has 1 aromatic heterocycles. The summed E-state index contributed by atoms with van der Waals surface area (Å²) in [5, 5.41) is 9.33. The van der Waals surface area contributed by atoms with E-state index in [1.54, 1.807) is 6.07 Å². The van der Waals surface area contributed by atoms with Gasteiger partial charge in [-0.05, 0) is 12.1 Å². The smallest absolute Gasteiger partial charge is 0.405 e. The number of fused-ring (bicyclic) bond motifs is 1. The van der Waals surface area contributed by atoms with Crippen LogP contribution in [0.15, 0.2) is 30.3 Å². The summed E-state index contributed by atoms with van der Waals surface area (Å²) in [6, 6.07) is 7.01. The third kappa shape index (κ3) is 3.15. The van der Waals surface area contributed by atoms with Crippen LogP contribution in [0.3, 0.4) is 0 Å². The zero-order valence-electron chi connectivity index (χ0n) is 11.8. The van der Waals surface area contributed by atoms with Crippen molar-refractivity contribution in [3.05, 3.63) is 46.2 Å². The van der Waals surface area contributed by atoms with Crippen LogP contribution in [0, 0.1) is 0 Å². The summed E-state index contributed by atoms with van der Waals surface area (Å²) < 4.78 is 41.9. The van der Waals surface area contributed by atoms with E-state index in [1.807, 2.05) is 0 Å². The van der Waals surface area contributed by atoms with Crippen molar-refractivity contribution in [3.8, 4) is 16.9 Å². The van der Waals surface area contributed by atoms with Gasteiger partial charge in [-0.2, -0.15) is 0 Å². The Labute approximate surface area is 143 Å². The average Bonchev–Trinajstić information content (AvgIpc) is 2.90. The van der Waals surface area contributed by atoms with E-state index < -0.39 is 12.1 Å². The summed E-state index contributed by atoms with van der Waals surface area (Å²) in [6.45, 7) is -0.342. The van der Waals surface area contributed by atoms with Crippen LogP contribution in [0.1, 0.15) is 5.82 Å². The molecule has 0 aliphatic heterocycles. The third-order valence-corrected chi connectivity index (χ3v) is 3.92. The van der Waals surface area contributed by atoms with Crippen LogP contribution < -0.4 is 4.74 Å². The summed E-state index contributed by atoms with van der Waals surface area (Å²) in [5.74, 6) is -0.161. The molecule has 0 spiro atoms. The van der Waals surface area contributed by atoms with Crippen LogP contribution in [-0.4, -0.2) is 21.4 Å². The van der Waals surface area contributed by atoms with Crippen molar-refractivity contribution in [1.82, 2.24) is 9.97 Å². The number of hydrogen-bond donors (Lipinski definition) is 2. The molecular formula is C15H9Cl2F3N2O2. The Morgan fingerprint density at radius 3 is 2.58 bits per heavy atom. The number of ether oxygens (including phenoxy) is 1. The summed E-state index contributed by atoms with van der Waals surface area (Å²) in [4.78, 5) is 6.92. The minimum absolute atomic E-state index is 0.0617. The second kappa shape index (κ2) is 6.16. The maximum atomic E-state index is 12.6. The fourth-order valence-electron chi connectivity index (χ4n) is 2.34. The van der Waals surface area contributed by atoms with Gasteiger partial charge in [0.25, 0.3) is 0 Å². The monoisotopic (exact) mass is 376 g/mol. The number of nitrogens with one attached hydrogen (secondary N) is 1. The van der Waals surface area contributed by atoms with E-state index in [-0.39, 0.29) is 33.6 Å². The molecular weight excluding hydrogens is 368 g/mol. The molecule has 0 fully saturated rings. The predicted octanol–water partition coefficient (Wildman–Crippen LogP) is 4.93. The van der Waals surface area contributed by atoms with Gasteiger partial charge in [0.1, 0.15) is 23.7 Å². The number of aromatic amines is 1. The van der Waals surface area contributed by atoms with Gasteiger partial charge in [-0.1, -0.05) is 41.4 Å². The number of nitrogens with zero attached hydrogens (tertiary/aromatic N) is 1. The van der Waals surface area contributed by atoms with Crippen molar-refractivity contribution in [1.29, 1.82) is 0 Å². The average molecular weight is 377 g/mol. The van der Waals surface area contributed by atoms with Crippen molar-refractivity contribution in [2.24, 2.45) is 0 Å². The van der Waals surface area contributed by atoms with E-state index in [1.165, 1.54) is 24.3 Å². The Bertz CT molecular complexity index is 910. The van der Waals surface area contributed by atoms with Gasteiger partial charge in [-0.25, -0.2) is 4.98 Å². The number of alkyl halides is 3. The van der Waals surface area contributed by atoms with E-state index in [4.69, 9.17) is 28.3 Å². The zero-order valence-corrected chi connectivity index (χ0v) is 13.3. The fourth-order valence-corrected chi connectivity index (χ4v) is 3.04. The maximum absolute atomic E-state index is 12.6. The first-order valence-electron chi connectivity index (χ1n) is 6.62. The first-order chi connectivity index (χ1) is 11.3. The highest BCUT2D eigenvalue weighted by Crippen LogP contribution is 2.43. The van der Waals surface area contributed by atoms with Crippen LogP contribution in [0.2, 0.25) is 10.0 Å². The highest BCUT2D eigenvalue weighted by Gasteiger charge is 2.32. The molecule has 0 bridgehead atoms. The SMILES string of the molecule is OCc1nc2c(Cl)c(-c3ccccc3OC(F)(F)F)c(Cl)cc2[nH]1. The predicted molar refractivity (Wildman–Crippen MR) is 84.2 cm³/mol. The topological polar surface area (TPSA) is 58.1 Å². The molecule has 9 heteroatoms. The summed E-state index contributed by atoms with van der Waals surface area (Å²) in [5.41, 5.74) is 1.01. The summed E-state index contributed by atoms with van der Waals surface area (Å²) >= 11 is 12.5. The lowest BCUT2D eigenvalue weighted by molar-refractivity contribution is -0.274. The molecule has 0 saturated heterocycles. The zero-order chi connectivity index (χ0) is 17.5. The molecule has 0 radical (unpaired) electrons. The number of halogens is 5. The Hall–Kier alpha value is -1.96. The largest absolute Gasteiger partial charge is 0.573 e. The second-order valence-corrected chi connectivity index (χ2v) is 5.61. The summed E-state index contributed by atoms with van der Waals surface area (Å²) in [6.07, 6.45) is -4.85. The molecule has 126 valence electrons. The number of H-pyrrole nitrogens is 1. The Kier molecular flexibility index (Phi) is 4.33. The van der Waals surface area contributed by atoms with Gasteiger partial charge in [-0.15, -0.1) is 13.2 Å². The molecule has 0 aliphatic carbocycles. The van der Waals surface area contributed by atoms with Gasteiger partial charge in [-0.3, -0.25) is 0 Å². The van der Waals surface area contributed by atoms with Crippen LogP contribution in [0.25, 0.3) is 22.2 Å². The van der Waals surface area contributed by atoms with E-state index >= 15 is 0 Å². The lowest BCUT2D eigenvalue weighted by Crippen LogP contribution is -2.17. The Morgan fingerprint density at radius 1 is 1.21 bits per heavy atom. The van der Waals surface area contributed by atoms with Crippen molar-refractivity contribution in [2.45, 2.75) is 13.0 Å². The molecule has 2 N–H and O–H groups in total. The normalized spacial score (nSPS) is 11.9. The van der Waals surface area contributed by atoms with Crippen molar-refractivity contribution in [2.75, 3.05) is 0 Å². The molecule has 0 unspecified atom stereocenters. The Morgan fingerprint density at radius 2 is 1.92 bits per heavy atom. The molecule has 1 heterocycles. The van der Waals surface area contributed by atoms with Crippen LogP contribution in [0.4, 0.5) is 13.2 Å². The van der Waals surface area contributed by atoms with Crippen LogP contribution >= 0.6 is 23.2 Å². The molecule has 0 saturated carbocycles. The van der Waals surface area contributed by atoms with Crippen molar-refractivity contribution in [3.63, 3.8) is 0 Å². The van der Waals surface area contributed by atoms with Crippen LogP contribution in [0.5, 0.6) is 5.75 Å². The van der Waals surface area contributed by atoms with Gasteiger partial charge in [0.05, 0.1) is 15.6 Å². The van der Waals surface area contributed by atoms with Crippen molar-refractivity contribution < 1.29 is 23.0 Å². The number of imidazole rings is 1. The molecule has 0 aliphatic rings. The van der Waals surface area contributed by atoms with E-state index in [9.17, 15) is 13.2 Å². The second-order valence-electron chi connectivity index (χ2n) is 4.83. The number of rotatable bonds is 3. The lowest BCUT2D eigenvalue weighted by atomic mass is 10.0. The quantitative estimate of drug-likeness (QED) is 0.681. The minimum Gasteiger partial charge on any atom is -0.405 e. The van der Waals surface area contributed by atoms with E-state index in [0.717, 1.165) is 0 Å². The molecule has 3 rings (SSSR count). The number of aromatic nitrogens is 2. The molecule has 0 amide bonds. The minimum atomic E-state index is -4.85. The first-order valence-corrected chi connectivity index (χ1v) is 7.38. The number of para-hydroxylation sites is 1. The summed E-state index contributed by atoms with van der Waals surface area (Å²) in [7, 11) is 0. The number of aliphatic hydroxyl groups is 1. The van der Waals surface area contributed by atoms with Crippen molar-refractivity contribution >= 4 is 34.2 Å². The maximum Gasteiger partial charge on any atom is 0.573 e. The highest BCUT2D eigenvalue weighted by atomic mass is 35.5. The van der Waals surface area contributed by atoms with E-state index in [0.29, 0.717) is 11.0 Å². The number of aliphatic hydroxyl groups excluding tert-OH is 1. The van der Waals surface area contributed by atoms with Gasteiger partial charge in [0.15, 0.2) is 0 Å². The van der Waals surface area contributed by atoms with Gasteiger partial charge >= 0.3 is 6.36 Å². The first kappa shape index (κ1) is 16.9. The van der Waals surface area contributed by atoms with Gasteiger partial charge in [0.2, 0.25) is 0 Å². The fraction of sp³-hybridized carbons (Fsp3) is 0.133. The third-order valence-electron chi connectivity index (χ3n) is 3.25. The van der Waals surface area contributed by atoms with Crippen LogP contribution in [-0.2, 0) is 6.61 Å². The Balaban J connectivity index is 2.23. The molecule has 2 aromatic carbocycles. The standard InChI is InChI=1S/C15H9Cl2F3N2O2/c16-8-5-9-14(22-11(6-23)21-9)13(17)12(8)7-3-1-2-4-10(7)24-15(18,19)20/h1-5,23H,6H2,(H,21,22). The van der Waals surface area contributed by atoms with Gasteiger partial charge < -0.3 is 14.8 Å². The lowest BCUT2D eigenvalue weighted by Gasteiger charge is -2.15. The molecule has 24 heavy (non-hydrogen) atoms. The molecule has 4 nitrogen and oxygen atoms in total. The number of benzene rings is 2. The van der Waals surface area contributed by atoms with E-state index in [2.05, 4.69) is 14.7 Å². The molecule has 0 atom stereocenters. The molecule has 3 aromatic rings. The number of hydrogen-bond acceptors (Lipinski definition) is 3.